The monoisotopic (exact) mass is 403 g/mol. The highest BCUT2D eigenvalue weighted by Crippen LogP contribution is 2.42. The molecule has 6 rings (SSSR count). The fraction of sp³-hybridized carbons (Fsp3) is 0.292. The molecule has 4 heterocycles. The van der Waals surface area contributed by atoms with Crippen LogP contribution in [0.2, 0.25) is 0 Å². The third-order valence-electron chi connectivity index (χ3n) is 6.38. The number of benzene rings is 2. The summed E-state index contributed by atoms with van der Waals surface area (Å²) in [4.78, 5) is 15.9. The maximum Gasteiger partial charge on any atom is 0.231 e. The maximum atomic E-state index is 13.5. The Kier molecular flexibility index (Phi) is 3.89. The molecule has 2 aromatic rings. The number of ether oxygens (including phenoxy) is 4. The number of fused-ring (bicyclic) bond motifs is 4. The lowest BCUT2D eigenvalue weighted by Crippen LogP contribution is -2.43. The van der Waals surface area contributed by atoms with Crippen molar-refractivity contribution >= 4 is 17.9 Å². The van der Waals surface area contributed by atoms with Crippen LogP contribution in [0.5, 0.6) is 23.0 Å². The summed E-state index contributed by atoms with van der Waals surface area (Å²) in [7, 11) is 2.11. The number of carbonyl (C=O) groups is 1. The topological polar surface area (TPSA) is 57.2 Å². The van der Waals surface area contributed by atoms with Crippen LogP contribution in [-0.4, -0.2) is 43.4 Å². The van der Waals surface area contributed by atoms with Crippen molar-refractivity contribution in [3.8, 4) is 23.0 Å². The Hall–Kier alpha value is -3.25. The Morgan fingerprint density at radius 1 is 0.767 bits per heavy atom. The molecule has 2 saturated heterocycles. The first-order chi connectivity index (χ1) is 14.7. The molecule has 2 aromatic carbocycles. The highest BCUT2D eigenvalue weighted by Gasteiger charge is 2.44. The van der Waals surface area contributed by atoms with E-state index in [-0.39, 0.29) is 31.5 Å². The summed E-state index contributed by atoms with van der Waals surface area (Å²) in [5.41, 5.74) is 3.56. The second-order valence-electron chi connectivity index (χ2n) is 8.03. The molecule has 30 heavy (non-hydrogen) atoms. The quantitative estimate of drug-likeness (QED) is 0.714. The Labute approximate surface area is 174 Å². The van der Waals surface area contributed by atoms with E-state index in [9.17, 15) is 4.79 Å². The molecule has 2 atom stereocenters. The van der Waals surface area contributed by atoms with Crippen molar-refractivity contribution in [1.82, 2.24) is 4.90 Å². The molecule has 4 aliphatic rings. The third-order valence-corrected chi connectivity index (χ3v) is 6.38. The second-order valence-corrected chi connectivity index (χ2v) is 8.03. The standard InChI is InChI=1S/C24H21NO5/c1-25-18-4-5-19(25)17(9-15-3-7-21-23(11-15)30-13-28-21)24(26)16(18)8-14-2-6-20-22(10-14)29-12-27-20/h2-3,6-11,18-19H,4-5,12-13H2,1H3/b16-8-,17-9-. The molecule has 2 fully saturated rings. The average molecular weight is 403 g/mol. The third kappa shape index (κ3) is 2.71. The number of nitrogens with zero attached hydrogens (tertiary/aromatic N) is 1. The van der Waals surface area contributed by atoms with E-state index in [0.29, 0.717) is 0 Å². The molecule has 0 spiro atoms. The lowest BCUT2D eigenvalue weighted by Gasteiger charge is -2.34. The van der Waals surface area contributed by atoms with Crippen LogP contribution in [-0.2, 0) is 4.79 Å². The van der Waals surface area contributed by atoms with Crippen molar-refractivity contribution in [2.75, 3.05) is 20.6 Å². The van der Waals surface area contributed by atoms with Gasteiger partial charge in [-0.1, -0.05) is 12.1 Å². The number of rotatable bonds is 2. The van der Waals surface area contributed by atoms with Gasteiger partial charge in [-0.3, -0.25) is 9.69 Å². The molecule has 0 radical (unpaired) electrons. The zero-order valence-corrected chi connectivity index (χ0v) is 16.6. The first-order valence-electron chi connectivity index (χ1n) is 10.2. The molecule has 152 valence electrons. The predicted octanol–water partition coefficient (Wildman–Crippen LogP) is 3.66. The Balaban J connectivity index is 1.39. The highest BCUT2D eigenvalue weighted by atomic mass is 16.7. The lowest BCUT2D eigenvalue weighted by molar-refractivity contribution is -0.114. The molecule has 0 aromatic heterocycles. The van der Waals surface area contributed by atoms with Gasteiger partial charge in [-0.25, -0.2) is 0 Å². The van der Waals surface area contributed by atoms with Gasteiger partial charge in [0.1, 0.15) is 0 Å². The SMILES string of the molecule is CN1C2CCC1/C(=C/c1ccc3c(c1)OCO3)C(=O)/C2=C\c1ccc2c(c1)OCO2. The number of Topliss-reactive ketones (excluding diaryl/α,β-unsaturated/α-hetero) is 1. The molecule has 0 N–H and O–H groups in total. The second kappa shape index (κ2) is 6.64. The molecule has 0 saturated carbocycles. The predicted molar refractivity (Wildman–Crippen MR) is 111 cm³/mol. The van der Waals surface area contributed by atoms with Crippen LogP contribution in [0.3, 0.4) is 0 Å². The normalized spacial score (nSPS) is 26.8. The molecule has 2 unspecified atom stereocenters. The fourth-order valence-corrected chi connectivity index (χ4v) is 4.85. The zero-order chi connectivity index (χ0) is 20.2. The average Bonchev–Trinajstić information content (AvgIpc) is 3.47. The molecule has 4 aliphatic heterocycles. The van der Waals surface area contributed by atoms with E-state index in [4.69, 9.17) is 18.9 Å². The van der Waals surface area contributed by atoms with Crippen LogP contribution < -0.4 is 18.9 Å². The zero-order valence-electron chi connectivity index (χ0n) is 16.6. The van der Waals surface area contributed by atoms with Crippen molar-refractivity contribution < 1.29 is 23.7 Å². The molecule has 0 aliphatic carbocycles. The largest absolute Gasteiger partial charge is 0.454 e. The van der Waals surface area contributed by atoms with E-state index in [0.717, 1.165) is 58.1 Å². The van der Waals surface area contributed by atoms with Crippen LogP contribution in [0, 0.1) is 0 Å². The van der Waals surface area contributed by atoms with E-state index in [2.05, 4.69) is 11.9 Å². The van der Waals surface area contributed by atoms with Crippen molar-refractivity contribution in [2.45, 2.75) is 24.9 Å². The first-order valence-corrected chi connectivity index (χ1v) is 10.2. The Bertz CT molecular complexity index is 1030. The van der Waals surface area contributed by atoms with Crippen molar-refractivity contribution in [3.05, 3.63) is 58.7 Å². The number of hydrogen-bond acceptors (Lipinski definition) is 6. The summed E-state index contributed by atoms with van der Waals surface area (Å²) in [6.45, 7) is 0.480. The van der Waals surface area contributed by atoms with E-state index < -0.39 is 0 Å². The van der Waals surface area contributed by atoms with Gasteiger partial charge in [0.2, 0.25) is 13.6 Å². The number of hydrogen-bond donors (Lipinski definition) is 0. The van der Waals surface area contributed by atoms with Crippen molar-refractivity contribution in [3.63, 3.8) is 0 Å². The minimum atomic E-state index is 0.121. The van der Waals surface area contributed by atoms with Gasteiger partial charge < -0.3 is 18.9 Å². The summed E-state index contributed by atoms with van der Waals surface area (Å²) in [6, 6.07) is 11.9. The number of carbonyl (C=O) groups excluding carboxylic acids is 1. The van der Waals surface area contributed by atoms with Crippen LogP contribution in [0.25, 0.3) is 12.2 Å². The van der Waals surface area contributed by atoms with Crippen LogP contribution in [0.1, 0.15) is 24.0 Å². The number of ketones is 1. The van der Waals surface area contributed by atoms with Crippen molar-refractivity contribution in [1.29, 1.82) is 0 Å². The summed E-state index contributed by atoms with van der Waals surface area (Å²) < 4.78 is 21.8. The molecule has 0 amide bonds. The van der Waals surface area contributed by atoms with Gasteiger partial charge in [0, 0.05) is 23.2 Å². The van der Waals surface area contributed by atoms with E-state index in [1.54, 1.807) is 0 Å². The molecular weight excluding hydrogens is 382 g/mol. The minimum absolute atomic E-state index is 0.121. The van der Waals surface area contributed by atoms with Crippen LogP contribution >= 0.6 is 0 Å². The fourth-order valence-electron chi connectivity index (χ4n) is 4.85. The van der Waals surface area contributed by atoms with Gasteiger partial charge >= 0.3 is 0 Å². The summed E-state index contributed by atoms with van der Waals surface area (Å²) in [5, 5.41) is 0. The van der Waals surface area contributed by atoms with Crippen molar-refractivity contribution in [2.24, 2.45) is 0 Å². The van der Waals surface area contributed by atoms with Gasteiger partial charge in [0.05, 0.1) is 0 Å². The highest BCUT2D eigenvalue weighted by molar-refractivity contribution is 6.16. The molecule has 6 heteroatoms. The van der Waals surface area contributed by atoms with Crippen LogP contribution in [0.15, 0.2) is 47.5 Å². The van der Waals surface area contributed by atoms with Gasteiger partial charge in [-0.05, 0) is 67.4 Å². The number of piperidine rings is 1. The van der Waals surface area contributed by atoms with Gasteiger partial charge in [-0.2, -0.15) is 0 Å². The van der Waals surface area contributed by atoms with Gasteiger partial charge in [-0.15, -0.1) is 0 Å². The van der Waals surface area contributed by atoms with Gasteiger partial charge in [0.25, 0.3) is 0 Å². The van der Waals surface area contributed by atoms with E-state index >= 15 is 0 Å². The maximum absolute atomic E-state index is 13.5. The smallest absolute Gasteiger partial charge is 0.231 e. The summed E-state index contributed by atoms with van der Waals surface area (Å²) in [5.74, 6) is 3.06. The first kappa shape index (κ1) is 17.6. The molecular formula is C24H21NO5. The molecule has 2 bridgehead atoms. The lowest BCUT2D eigenvalue weighted by atomic mass is 9.88. The van der Waals surface area contributed by atoms with Gasteiger partial charge in [0.15, 0.2) is 28.8 Å². The summed E-state index contributed by atoms with van der Waals surface area (Å²) >= 11 is 0. The Morgan fingerprint density at radius 3 is 1.73 bits per heavy atom. The number of likely N-dealkylation sites (N-methyl/N-ethyl adjacent to an activating group) is 1. The molecule has 6 nitrogen and oxygen atoms in total. The van der Waals surface area contributed by atoms with E-state index in [1.165, 1.54) is 0 Å². The Morgan fingerprint density at radius 2 is 1.23 bits per heavy atom. The summed E-state index contributed by atoms with van der Waals surface area (Å²) in [6.07, 6.45) is 5.95. The van der Waals surface area contributed by atoms with E-state index in [1.807, 2.05) is 48.6 Å². The van der Waals surface area contributed by atoms with Crippen LogP contribution in [0.4, 0.5) is 0 Å². The minimum Gasteiger partial charge on any atom is -0.454 e.